The van der Waals surface area contributed by atoms with Gasteiger partial charge < -0.3 is 31.8 Å². The number of benzene rings is 1. The van der Waals surface area contributed by atoms with Gasteiger partial charge in [0, 0.05) is 25.5 Å². The average molecular weight is 311 g/mol. The van der Waals surface area contributed by atoms with Crippen molar-refractivity contribution < 1.29 is 21.9 Å². The van der Waals surface area contributed by atoms with Crippen molar-refractivity contribution in [2.45, 2.75) is 19.5 Å². The number of aromatic nitrogens is 2. The zero-order valence-electron chi connectivity index (χ0n) is 12.4. The van der Waals surface area contributed by atoms with Gasteiger partial charge in [0.1, 0.15) is 0 Å². The van der Waals surface area contributed by atoms with Crippen LogP contribution < -0.4 is 27.2 Å². The van der Waals surface area contributed by atoms with Gasteiger partial charge in [-0.3, -0.25) is 0 Å². The second kappa shape index (κ2) is 9.26. The first-order valence-electron chi connectivity index (χ1n) is 6.71. The SMILES string of the molecule is COc1ccc(CNCCCn2ccnc2)cc1OC.[Cl-]. The van der Waals surface area contributed by atoms with Gasteiger partial charge >= 0.3 is 0 Å². The normalized spacial score (nSPS) is 10.0. The lowest BCUT2D eigenvalue weighted by atomic mass is 10.2. The van der Waals surface area contributed by atoms with E-state index in [0.29, 0.717) is 0 Å². The number of hydrogen-bond acceptors (Lipinski definition) is 4. The first-order valence-corrected chi connectivity index (χ1v) is 6.71. The van der Waals surface area contributed by atoms with Crippen molar-refractivity contribution in [3.05, 3.63) is 42.5 Å². The number of halogens is 1. The van der Waals surface area contributed by atoms with Gasteiger partial charge in [0.2, 0.25) is 0 Å². The molecule has 0 aliphatic carbocycles. The fraction of sp³-hybridized carbons (Fsp3) is 0.400. The lowest BCUT2D eigenvalue weighted by Gasteiger charge is -2.10. The first kappa shape index (κ1) is 17.3. The van der Waals surface area contributed by atoms with Crippen LogP contribution in [0.25, 0.3) is 0 Å². The van der Waals surface area contributed by atoms with Crippen molar-refractivity contribution in [3.63, 3.8) is 0 Å². The maximum atomic E-state index is 5.29. The van der Waals surface area contributed by atoms with Crippen LogP contribution in [0.2, 0.25) is 0 Å². The quantitative estimate of drug-likeness (QED) is 0.641. The van der Waals surface area contributed by atoms with Gasteiger partial charge in [-0.05, 0) is 30.7 Å². The average Bonchev–Trinajstić information content (AvgIpc) is 3.00. The Labute approximate surface area is 131 Å². The molecule has 2 aromatic rings. The zero-order chi connectivity index (χ0) is 14.2. The van der Waals surface area contributed by atoms with Crippen LogP contribution in [0.3, 0.4) is 0 Å². The predicted octanol–water partition coefficient (Wildman–Crippen LogP) is -0.916. The Bertz CT molecular complexity index is 518. The summed E-state index contributed by atoms with van der Waals surface area (Å²) in [5, 5.41) is 3.42. The van der Waals surface area contributed by atoms with Crippen LogP contribution in [0, 0.1) is 0 Å². The molecular formula is C15H21ClN3O2-. The van der Waals surface area contributed by atoms with Crippen molar-refractivity contribution in [2.24, 2.45) is 0 Å². The van der Waals surface area contributed by atoms with Crippen LogP contribution in [0.5, 0.6) is 11.5 Å². The Kier molecular flexibility index (Phi) is 7.64. The van der Waals surface area contributed by atoms with Gasteiger partial charge in [0.25, 0.3) is 0 Å². The number of nitrogens with one attached hydrogen (secondary N) is 1. The minimum atomic E-state index is 0. The van der Waals surface area contributed by atoms with Crippen LogP contribution >= 0.6 is 0 Å². The molecule has 21 heavy (non-hydrogen) atoms. The summed E-state index contributed by atoms with van der Waals surface area (Å²) in [6.07, 6.45) is 6.70. The fourth-order valence-corrected chi connectivity index (χ4v) is 2.03. The van der Waals surface area contributed by atoms with E-state index in [2.05, 4.69) is 14.9 Å². The summed E-state index contributed by atoms with van der Waals surface area (Å²) >= 11 is 0. The Balaban J connectivity index is 0.00000220. The molecule has 6 heteroatoms. The highest BCUT2D eigenvalue weighted by molar-refractivity contribution is 5.42. The van der Waals surface area contributed by atoms with Crippen molar-refractivity contribution in [2.75, 3.05) is 20.8 Å². The third-order valence-corrected chi connectivity index (χ3v) is 3.11. The standard InChI is InChI=1S/C15H21N3O2.ClH/c1-19-14-5-4-13(10-15(14)20-2)11-16-6-3-8-18-9-7-17-12-18;/h4-5,7,9-10,12,16H,3,6,8,11H2,1-2H3;1H/p-1. The van der Waals surface area contributed by atoms with E-state index in [0.717, 1.165) is 37.6 Å². The molecule has 0 aliphatic rings. The molecule has 1 aromatic carbocycles. The molecule has 0 unspecified atom stereocenters. The molecule has 0 fully saturated rings. The molecule has 1 heterocycles. The summed E-state index contributed by atoms with van der Waals surface area (Å²) in [7, 11) is 3.30. The van der Waals surface area contributed by atoms with Gasteiger partial charge in [0.15, 0.2) is 11.5 Å². The van der Waals surface area contributed by atoms with Crippen LogP contribution in [0.4, 0.5) is 0 Å². The second-order valence-electron chi connectivity index (χ2n) is 4.52. The highest BCUT2D eigenvalue weighted by Gasteiger charge is 2.03. The maximum absolute atomic E-state index is 5.29. The topological polar surface area (TPSA) is 48.3 Å². The van der Waals surface area contributed by atoms with Crippen molar-refractivity contribution in [3.8, 4) is 11.5 Å². The smallest absolute Gasteiger partial charge is 0.161 e. The molecule has 0 radical (unpaired) electrons. The van der Waals surface area contributed by atoms with Crippen LogP contribution in [-0.4, -0.2) is 30.3 Å². The Hall–Kier alpha value is -1.72. The minimum absolute atomic E-state index is 0. The van der Waals surface area contributed by atoms with E-state index in [4.69, 9.17) is 9.47 Å². The zero-order valence-corrected chi connectivity index (χ0v) is 13.1. The highest BCUT2D eigenvalue weighted by Crippen LogP contribution is 2.27. The first-order chi connectivity index (χ1) is 9.83. The third kappa shape index (κ3) is 5.28. The molecule has 0 amide bonds. The molecule has 2 rings (SSSR count). The van der Waals surface area contributed by atoms with E-state index in [1.807, 2.05) is 30.7 Å². The summed E-state index contributed by atoms with van der Waals surface area (Å²) in [5.41, 5.74) is 1.19. The number of ether oxygens (including phenoxy) is 2. The van der Waals surface area contributed by atoms with Gasteiger partial charge in [-0.15, -0.1) is 0 Å². The fourth-order valence-electron chi connectivity index (χ4n) is 2.03. The summed E-state index contributed by atoms with van der Waals surface area (Å²) in [6.45, 7) is 2.77. The van der Waals surface area contributed by atoms with Gasteiger partial charge in [0.05, 0.1) is 20.5 Å². The van der Waals surface area contributed by atoms with Gasteiger partial charge in [-0.25, -0.2) is 4.98 Å². The molecule has 5 nitrogen and oxygen atoms in total. The summed E-state index contributed by atoms with van der Waals surface area (Å²) in [6, 6.07) is 5.98. The molecule has 1 aromatic heterocycles. The summed E-state index contributed by atoms with van der Waals surface area (Å²) in [4.78, 5) is 4.02. The van der Waals surface area contributed by atoms with Gasteiger partial charge in [-0.2, -0.15) is 0 Å². The number of aryl methyl sites for hydroxylation is 1. The van der Waals surface area contributed by atoms with E-state index < -0.39 is 0 Å². The van der Waals surface area contributed by atoms with Crippen molar-refractivity contribution in [1.29, 1.82) is 0 Å². The summed E-state index contributed by atoms with van der Waals surface area (Å²) in [5.74, 6) is 1.53. The van der Waals surface area contributed by atoms with E-state index in [1.165, 1.54) is 5.56 Å². The largest absolute Gasteiger partial charge is 1.00 e. The Morgan fingerprint density at radius 2 is 2.00 bits per heavy atom. The highest BCUT2D eigenvalue weighted by atomic mass is 35.5. The molecule has 0 saturated heterocycles. The molecule has 1 N–H and O–H groups in total. The van der Waals surface area contributed by atoms with Crippen LogP contribution in [-0.2, 0) is 13.1 Å². The number of hydrogen-bond donors (Lipinski definition) is 1. The number of rotatable bonds is 8. The predicted molar refractivity (Wildman–Crippen MR) is 78.1 cm³/mol. The van der Waals surface area contributed by atoms with Crippen LogP contribution in [0.1, 0.15) is 12.0 Å². The molecule has 0 bridgehead atoms. The minimum Gasteiger partial charge on any atom is -1.00 e. The van der Waals surface area contributed by atoms with E-state index in [1.54, 1.807) is 20.4 Å². The summed E-state index contributed by atoms with van der Waals surface area (Å²) < 4.78 is 12.6. The number of imidazole rings is 1. The Morgan fingerprint density at radius 1 is 1.19 bits per heavy atom. The molecular weight excluding hydrogens is 290 g/mol. The third-order valence-electron chi connectivity index (χ3n) is 3.11. The molecule has 0 atom stereocenters. The Morgan fingerprint density at radius 3 is 2.67 bits per heavy atom. The molecule has 0 aliphatic heterocycles. The monoisotopic (exact) mass is 310 g/mol. The maximum Gasteiger partial charge on any atom is 0.161 e. The lowest BCUT2D eigenvalue weighted by molar-refractivity contribution is -0.00000477. The van der Waals surface area contributed by atoms with E-state index in [9.17, 15) is 0 Å². The van der Waals surface area contributed by atoms with Crippen LogP contribution in [0.15, 0.2) is 36.9 Å². The van der Waals surface area contributed by atoms with E-state index >= 15 is 0 Å². The number of nitrogens with zero attached hydrogens (tertiary/aromatic N) is 2. The lowest BCUT2D eigenvalue weighted by Crippen LogP contribution is -3.00. The van der Waals surface area contributed by atoms with Crippen molar-refractivity contribution >= 4 is 0 Å². The van der Waals surface area contributed by atoms with Crippen molar-refractivity contribution in [1.82, 2.24) is 14.9 Å². The molecule has 116 valence electrons. The second-order valence-corrected chi connectivity index (χ2v) is 4.52. The molecule has 0 spiro atoms. The van der Waals surface area contributed by atoms with Gasteiger partial charge in [-0.1, -0.05) is 6.07 Å². The van der Waals surface area contributed by atoms with E-state index in [-0.39, 0.29) is 12.4 Å². The number of methoxy groups -OCH3 is 2. The molecule has 0 saturated carbocycles.